The molecule has 0 fully saturated rings. The third-order valence-electron chi connectivity index (χ3n) is 4.89. The summed E-state index contributed by atoms with van der Waals surface area (Å²) in [5, 5.41) is 12.6. The number of anilines is 1. The van der Waals surface area contributed by atoms with Gasteiger partial charge in [0.2, 0.25) is 0 Å². The van der Waals surface area contributed by atoms with E-state index in [0.29, 0.717) is 34.2 Å². The lowest BCUT2D eigenvalue weighted by molar-refractivity contribution is -0.112. The molecule has 0 unspecified atom stereocenters. The number of benzene rings is 3. The summed E-state index contributed by atoms with van der Waals surface area (Å²) < 4.78 is 11.1. The van der Waals surface area contributed by atoms with Crippen molar-refractivity contribution in [1.82, 2.24) is 0 Å². The van der Waals surface area contributed by atoms with Crippen molar-refractivity contribution in [1.29, 1.82) is 5.26 Å². The number of carbonyl (C=O) groups is 2. The molecule has 0 heterocycles. The predicted octanol–water partition coefficient (Wildman–Crippen LogP) is 6.12. The molecule has 172 valence electrons. The summed E-state index contributed by atoms with van der Waals surface area (Å²) in [5.41, 5.74) is 3.08. The van der Waals surface area contributed by atoms with Crippen LogP contribution in [0.3, 0.4) is 0 Å². The van der Waals surface area contributed by atoms with E-state index in [-0.39, 0.29) is 11.3 Å². The van der Waals surface area contributed by atoms with Crippen molar-refractivity contribution in [3.05, 3.63) is 93.5 Å². The molecule has 0 bridgehead atoms. The zero-order valence-electron chi connectivity index (χ0n) is 19.0. The lowest BCUT2D eigenvalue weighted by Gasteiger charge is -2.12. The second-order valence-corrected chi connectivity index (χ2v) is 7.86. The summed E-state index contributed by atoms with van der Waals surface area (Å²) >= 11 is 6.17. The minimum Gasteiger partial charge on any atom is -0.490 e. The summed E-state index contributed by atoms with van der Waals surface area (Å²) in [5.74, 6) is -0.557. The van der Waals surface area contributed by atoms with Gasteiger partial charge in [0.1, 0.15) is 11.6 Å². The minimum atomic E-state index is -0.591. The average molecular weight is 475 g/mol. The number of para-hydroxylation sites is 1. The fourth-order valence-electron chi connectivity index (χ4n) is 3.10. The van der Waals surface area contributed by atoms with E-state index in [0.717, 1.165) is 11.1 Å². The summed E-state index contributed by atoms with van der Waals surface area (Å²) in [6.07, 6.45) is 1.43. The third kappa shape index (κ3) is 6.03. The van der Waals surface area contributed by atoms with E-state index in [1.165, 1.54) is 6.08 Å². The van der Waals surface area contributed by atoms with Gasteiger partial charge in [-0.1, -0.05) is 47.5 Å². The highest BCUT2D eigenvalue weighted by Crippen LogP contribution is 2.31. The SMILES string of the molecule is CCOc1cc(/C=C(\C#N)C(=O)Nc2c(C)cccc2Cl)ccc1OC(=O)c1ccc(C)cc1. The quantitative estimate of drug-likeness (QED) is 0.193. The molecule has 0 saturated heterocycles. The Bertz CT molecular complexity index is 1270. The number of esters is 1. The van der Waals surface area contributed by atoms with Gasteiger partial charge >= 0.3 is 5.97 Å². The van der Waals surface area contributed by atoms with E-state index in [2.05, 4.69) is 5.32 Å². The number of nitrogens with zero attached hydrogens (tertiary/aromatic N) is 1. The summed E-state index contributed by atoms with van der Waals surface area (Å²) in [6.45, 7) is 5.87. The number of halogens is 1. The molecule has 1 amide bonds. The number of hydrogen-bond donors (Lipinski definition) is 1. The average Bonchev–Trinajstić information content (AvgIpc) is 2.82. The largest absolute Gasteiger partial charge is 0.490 e. The van der Waals surface area contributed by atoms with E-state index in [1.54, 1.807) is 49.4 Å². The molecule has 0 atom stereocenters. The molecule has 3 rings (SSSR count). The first-order valence-corrected chi connectivity index (χ1v) is 10.9. The van der Waals surface area contributed by atoms with Crippen LogP contribution in [0.5, 0.6) is 11.5 Å². The Hall–Kier alpha value is -4.08. The molecule has 0 aliphatic carbocycles. The highest BCUT2D eigenvalue weighted by atomic mass is 35.5. The first-order chi connectivity index (χ1) is 16.3. The van der Waals surface area contributed by atoms with Crippen molar-refractivity contribution >= 4 is 35.2 Å². The maximum atomic E-state index is 12.7. The number of ether oxygens (including phenoxy) is 2. The highest BCUT2D eigenvalue weighted by Gasteiger charge is 2.16. The molecule has 1 N–H and O–H groups in total. The molecule has 0 aromatic heterocycles. The zero-order chi connectivity index (χ0) is 24.7. The van der Waals surface area contributed by atoms with Gasteiger partial charge in [-0.2, -0.15) is 5.26 Å². The van der Waals surface area contributed by atoms with Crippen LogP contribution in [0.4, 0.5) is 5.69 Å². The first-order valence-electron chi connectivity index (χ1n) is 10.6. The van der Waals surface area contributed by atoms with E-state index in [1.807, 2.05) is 38.1 Å². The molecule has 0 radical (unpaired) electrons. The summed E-state index contributed by atoms with van der Waals surface area (Å²) in [6, 6.07) is 19.0. The second kappa shape index (κ2) is 11.2. The van der Waals surface area contributed by atoms with Crippen molar-refractivity contribution in [2.24, 2.45) is 0 Å². The van der Waals surface area contributed by atoms with Crippen molar-refractivity contribution in [3.63, 3.8) is 0 Å². The van der Waals surface area contributed by atoms with Crippen LogP contribution < -0.4 is 14.8 Å². The standard InChI is InChI=1S/C27H23ClN2O4/c1-4-33-24-15-19(10-13-23(24)34-27(32)20-11-8-17(2)9-12-20)14-21(16-29)26(31)30-25-18(3)6-5-7-22(25)28/h5-15H,4H2,1-3H3,(H,30,31)/b21-14+. The van der Waals surface area contributed by atoms with Gasteiger partial charge in [0.05, 0.1) is 22.9 Å². The van der Waals surface area contributed by atoms with Crippen LogP contribution in [0.15, 0.2) is 66.2 Å². The zero-order valence-corrected chi connectivity index (χ0v) is 19.8. The third-order valence-corrected chi connectivity index (χ3v) is 5.21. The van der Waals surface area contributed by atoms with Crippen LogP contribution in [0.25, 0.3) is 6.08 Å². The molecule has 3 aromatic rings. The topological polar surface area (TPSA) is 88.4 Å². The Balaban J connectivity index is 1.85. The van der Waals surface area contributed by atoms with E-state index in [9.17, 15) is 14.9 Å². The van der Waals surface area contributed by atoms with Gasteiger partial charge in [-0.3, -0.25) is 4.79 Å². The van der Waals surface area contributed by atoms with E-state index in [4.69, 9.17) is 21.1 Å². The van der Waals surface area contributed by atoms with Gasteiger partial charge in [0, 0.05) is 0 Å². The van der Waals surface area contributed by atoms with Crippen molar-refractivity contribution in [2.45, 2.75) is 20.8 Å². The molecule has 0 aliphatic heterocycles. The van der Waals surface area contributed by atoms with Gasteiger partial charge in [-0.15, -0.1) is 0 Å². The van der Waals surface area contributed by atoms with Crippen LogP contribution in [0.2, 0.25) is 5.02 Å². The van der Waals surface area contributed by atoms with Crippen molar-refractivity contribution < 1.29 is 19.1 Å². The lowest BCUT2D eigenvalue weighted by Crippen LogP contribution is -2.14. The Kier molecular flexibility index (Phi) is 8.07. The number of rotatable bonds is 7. The number of carbonyl (C=O) groups excluding carboxylic acids is 2. The van der Waals surface area contributed by atoms with E-state index < -0.39 is 11.9 Å². The number of nitrogens with one attached hydrogen (secondary N) is 1. The number of aryl methyl sites for hydroxylation is 2. The smallest absolute Gasteiger partial charge is 0.343 e. The van der Waals surface area contributed by atoms with Crippen molar-refractivity contribution in [3.8, 4) is 17.6 Å². The molecule has 6 nitrogen and oxygen atoms in total. The van der Waals surface area contributed by atoms with Crippen LogP contribution in [0, 0.1) is 25.2 Å². The Labute approximate surface area is 203 Å². The maximum absolute atomic E-state index is 12.7. The Morgan fingerprint density at radius 3 is 2.44 bits per heavy atom. The number of amides is 1. The van der Waals surface area contributed by atoms with Gasteiger partial charge in [-0.25, -0.2) is 4.79 Å². The lowest BCUT2D eigenvalue weighted by atomic mass is 10.1. The van der Waals surface area contributed by atoms with Crippen LogP contribution in [0.1, 0.15) is 34.0 Å². The second-order valence-electron chi connectivity index (χ2n) is 7.45. The predicted molar refractivity (Wildman–Crippen MR) is 132 cm³/mol. The van der Waals surface area contributed by atoms with Crippen molar-refractivity contribution in [2.75, 3.05) is 11.9 Å². The van der Waals surface area contributed by atoms with Crippen LogP contribution in [-0.2, 0) is 4.79 Å². The molecule has 0 spiro atoms. The van der Waals surface area contributed by atoms with Gasteiger partial charge in [0.25, 0.3) is 5.91 Å². The normalized spacial score (nSPS) is 10.9. The number of nitriles is 1. The summed E-state index contributed by atoms with van der Waals surface area (Å²) in [4.78, 5) is 25.2. The van der Waals surface area contributed by atoms with Crippen LogP contribution in [-0.4, -0.2) is 18.5 Å². The molecular formula is C27H23ClN2O4. The molecule has 3 aromatic carbocycles. The Morgan fingerprint density at radius 1 is 1.06 bits per heavy atom. The maximum Gasteiger partial charge on any atom is 0.343 e. The van der Waals surface area contributed by atoms with Gasteiger partial charge in [0.15, 0.2) is 11.5 Å². The first kappa shape index (κ1) is 24.6. The molecular weight excluding hydrogens is 452 g/mol. The molecule has 34 heavy (non-hydrogen) atoms. The highest BCUT2D eigenvalue weighted by molar-refractivity contribution is 6.34. The molecule has 0 aliphatic rings. The van der Waals surface area contributed by atoms with Gasteiger partial charge in [-0.05, 0) is 68.3 Å². The summed E-state index contributed by atoms with van der Waals surface area (Å²) in [7, 11) is 0. The Morgan fingerprint density at radius 2 is 1.79 bits per heavy atom. The minimum absolute atomic E-state index is 0.119. The van der Waals surface area contributed by atoms with Crippen LogP contribution >= 0.6 is 11.6 Å². The van der Waals surface area contributed by atoms with E-state index >= 15 is 0 Å². The fraction of sp³-hybridized carbons (Fsp3) is 0.148. The monoisotopic (exact) mass is 474 g/mol. The molecule has 7 heteroatoms. The van der Waals surface area contributed by atoms with Gasteiger partial charge < -0.3 is 14.8 Å². The fourth-order valence-corrected chi connectivity index (χ4v) is 3.37. The molecule has 0 saturated carbocycles. The number of hydrogen-bond acceptors (Lipinski definition) is 5.